The molecule has 2 rings (SSSR count). The minimum absolute atomic E-state index is 0.371. The number of alkyl halides is 2. The van der Waals surface area contributed by atoms with Gasteiger partial charge in [-0.3, -0.25) is 0 Å². The molecule has 0 saturated heterocycles. The molecule has 1 heterocycles. The van der Waals surface area contributed by atoms with Crippen LogP contribution in [0.25, 0.3) is 5.69 Å². The van der Waals surface area contributed by atoms with E-state index in [0.29, 0.717) is 11.3 Å². The van der Waals surface area contributed by atoms with E-state index in [1.807, 2.05) is 6.07 Å². The zero-order valence-corrected chi connectivity index (χ0v) is 8.01. The van der Waals surface area contributed by atoms with Gasteiger partial charge in [-0.05, 0) is 24.3 Å². The lowest BCUT2D eigenvalue weighted by molar-refractivity contribution is 0.146. The summed E-state index contributed by atoms with van der Waals surface area (Å²) < 4.78 is 25.8. The average molecular weight is 220 g/mol. The van der Waals surface area contributed by atoms with Crippen molar-refractivity contribution in [3.8, 4) is 11.8 Å². The molecule has 0 spiro atoms. The third kappa shape index (κ3) is 1.88. The standard InChI is InChI=1S/C10H6F2N4/c11-10(12)9-6-16(15-14-9)8-3-1-7(5-13)2-4-8/h1-4,6,10H. The Hall–Kier alpha value is -2.29. The molecule has 0 aliphatic heterocycles. The lowest BCUT2D eigenvalue weighted by Gasteiger charge is -1.98. The monoisotopic (exact) mass is 220 g/mol. The van der Waals surface area contributed by atoms with Crippen molar-refractivity contribution >= 4 is 0 Å². The van der Waals surface area contributed by atoms with Crippen LogP contribution in [0.3, 0.4) is 0 Å². The molecule has 0 atom stereocenters. The van der Waals surface area contributed by atoms with Gasteiger partial charge in [0.2, 0.25) is 0 Å². The highest BCUT2D eigenvalue weighted by Crippen LogP contribution is 2.16. The van der Waals surface area contributed by atoms with Gasteiger partial charge < -0.3 is 0 Å². The molecule has 0 N–H and O–H groups in total. The van der Waals surface area contributed by atoms with Crippen LogP contribution in [0.2, 0.25) is 0 Å². The first-order valence-corrected chi connectivity index (χ1v) is 4.41. The quantitative estimate of drug-likeness (QED) is 0.778. The van der Waals surface area contributed by atoms with E-state index in [9.17, 15) is 8.78 Å². The molecule has 1 aromatic carbocycles. The highest BCUT2D eigenvalue weighted by atomic mass is 19.3. The second-order valence-corrected chi connectivity index (χ2v) is 3.05. The van der Waals surface area contributed by atoms with Crippen molar-refractivity contribution in [1.29, 1.82) is 5.26 Å². The summed E-state index contributed by atoms with van der Waals surface area (Å²) in [7, 11) is 0. The molecule has 0 saturated carbocycles. The maximum absolute atomic E-state index is 12.3. The van der Waals surface area contributed by atoms with Crippen LogP contribution in [0.15, 0.2) is 30.5 Å². The molecule has 0 unspecified atom stereocenters. The van der Waals surface area contributed by atoms with Crippen LogP contribution in [0.5, 0.6) is 0 Å². The van der Waals surface area contributed by atoms with Crippen LogP contribution in [0.1, 0.15) is 17.7 Å². The fourth-order valence-electron chi connectivity index (χ4n) is 1.19. The van der Waals surface area contributed by atoms with E-state index in [0.717, 1.165) is 6.20 Å². The molecular weight excluding hydrogens is 214 g/mol. The normalized spacial score (nSPS) is 10.4. The van der Waals surface area contributed by atoms with Crippen LogP contribution >= 0.6 is 0 Å². The Morgan fingerprint density at radius 1 is 1.25 bits per heavy atom. The van der Waals surface area contributed by atoms with E-state index >= 15 is 0 Å². The Bertz CT molecular complexity index is 524. The summed E-state index contributed by atoms with van der Waals surface area (Å²) >= 11 is 0. The number of rotatable bonds is 2. The van der Waals surface area contributed by atoms with E-state index in [1.54, 1.807) is 24.3 Å². The minimum atomic E-state index is -2.63. The van der Waals surface area contributed by atoms with Crippen molar-refractivity contribution in [3.63, 3.8) is 0 Å². The number of aromatic nitrogens is 3. The van der Waals surface area contributed by atoms with E-state index in [2.05, 4.69) is 10.3 Å². The second kappa shape index (κ2) is 4.06. The Morgan fingerprint density at radius 3 is 2.44 bits per heavy atom. The summed E-state index contributed by atoms with van der Waals surface area (Å²) in [5, 5.41) is 15.5. The molecule has 0 bridgehead atoms. The Kier molecular flexibility index (Phi) is 2.60. The molecule has 0 aliphatic carbocycles. The number of nitriles is 1. The molecule has 16 heavy (non-hydrogen) atoms. The zero-order valence-electron chi connectivity index (χ0n) is 8.01. The van der Waals surface area contributed by atoms with Gasteiger partial charge in [0.15, 0.2) is 0 Å². The van der Waals surface area contributed by atoms with Gasteiger partial charge in [0.05, 0.1) is 23.5 Å². The predicted octanol–water partition coefficient (Wildman–Crippen LogP) is 2.08. The maximum atomic E-state index is 12.3. The first-order valence-electron chi connectivity index (χ1n) is 4.41. The summed E-state index contributed by atoms with van der Waals surface area (Å²) in [6, 6.07) is 8.36. The summed E-state index contributed by atoms with van der Waals surface area (Å²) in [6.07, 6.45) is -1.47. The fourth-order valence-corrected chi connectivity index (χ4v) is 1.19. The Morgan fingerprint density at radius 2 is 1.94 bits per heavy atom. The molecule has 1 aromatic heterocycles. The van der Waals surface area contributed by atoms with E-state index in [-0.39, 0.29) is 5.69 Å². The first kappa shape index (κ1) is 10.2. The summed E-state index contributed by atoms with van der Waals surface area (Å²) in [5.41, 5.74) is 0.709. The first-order chi connectivity index (χ1) is 7.70. The van der Waals surface area contributed by atoms with Gasteiger partial charge >= 0.3 is 0 Å². The van der Waals surface area contributed by atoms with Crippen molar-refractivity contribution in [1.82, 2.24) is 15.0 Å². The number of benzene rings is 1. The largest absolute Gasteiger partial charge is 0.283 e. The highest BCUT2D eigenvalue weighted by Gasteiger charge is 2.12. The molecular formula is C10H6F2N4. The van der Waals surface area contributed by atoms with Gasteiger partial charge in [0, 0.05) is 0 Å². The number of hydrogen-bond donors (Lipinski definition) is 0. The summed E-state index contributed by atoms with van der Waals surface area (Å²) in [6.45, 7) is 0. The number of nitrogens with zero attached hydrogens (tertiary/aromatic N) is 4. The van der Waals surface area contributed by atoms with Gasteiger partial charge in [-0.15, -0.1) is 5.10 Å². The predicted molar refractivity (Wildman–Crippen MR) is 51.0 cm³/mol. The third-order valence-electron chi connectivity index (χ3n) is 2.00. The highest BCUT2D eigenvalue weighted by molar-refractivity contribution is 5.38. The lowest BCUT2D eigenvalue weighted by Crippen LogP contribution is -1.94. The van der Waals surface area contributed by atoms with Crippen LogP contribution in [-0.4, -0.2) is 15.0 Å². The lowest BCUT2D eigenvalue weighted by atomic mass is 10.2. The Balaban J connectivity index is 2.32. The molecule has 6 heteroatoms. The van der Waals surface area contributed by atoms with E-state index in [4.69, 9.17) is 5.26 Å². The molecule has 0 radical (unpaired) electrons. The fraction of sp³-hybridized carbons (Fsp3) is 0.100. The molecule has 4 nitrogen and oxygen atoms in total. The third-order valence-corrected chi connectivity index (χ3v) is 2.00. The molecule has 0 amide bonds. The summed E-state index contributed by atoms with van der Waals surface area (Å²) in [4.78, 5) is 0. The second-order valence-electron chi connectivity index (χ2n) is 3.05. The average Bonchev–Trinajstić information content (AvgIpc) is 2.78. The van der Waals surface area contributed by atoms with Crippen molar-refractivity contribution in [2.24, 2.45) is 0 Å². The smallest absolute Gasteiger partial charge is 0.220 e. The van der Waals surface area contributed by atoms with Crippen LogP contribution in [0.4, 0.5) is 8.78 Å². The van der Waals surface area contributed by atoms with Gasteiger partial charge in [-0.1, -0.05) is 5.21 Å². The topological polar surface area (TPSA) is 54.5 Å². The molecule has 0 aliphatic rings. The van der Waals surface area contributed by atoms with E-state index in [1.165, 1.54) is 4.68 Å². The molecule has 0 fully saturated rings. The number of hydrogen-bond acceptors (Lipinski definition) is 3. The molecule has 80 valence electrons. The van der Waals surface area contributed by atoms with Crippen LogP contribution in [0, 0.1) is 11.3 Å². The van der Waals surface area contributed by atoms with Gasteiger partial charge in [0.25, 0.3) is 6.43 Å². The zero-order chi connectivity index (χ0) is 11.5. The van der Waals surface area contributed by atoms with Crippen molar-refractivity contribution in [3.05, 3.63) is 41.7 Å². The van der Waals surface area contributed by atoms with Crippen molar-refractivity contribution in [2.75, 3.05) is 0 Å². The number of halogens is 2. The van der Waals surface area contributed by atoms with E-state index < -0.39 is 6.43 Å². The Labute approximate surface area is 89.7 Å². The SMILES string of the molecule is N#Cc1ccc(-n2cc(C(F)F)nn2)cc1. The van der Waals surface area contributed by atoms with Crippen molar-refractivity contribution < 1.29 is 8.78 Å². The maximum Gasteiger partial charge on any atom is 0.283 e. The van der Waals surface area contributed by atoms with Gasteiger partial charge in [0.1, 0.15) is 5.69 Å². The van der Waals surface area contributed by atoms with Crippen LogP contribution in [-0.2, 0) is 0 Å². The minimum Gasteiger partial charge on any atom is -0.220 e. The van der Waals surface area contributed by atoms with Crippen LogP contribution < -0.4 is 0 Å². The van der Waals surface area contributed by atoms with Crippen molar-refractivity contribution in [2.45, 2.75) is 6.43 Å². The summed E-state index contributed by atoms with van der Waals surface area (Å²) in [5.74, 6) is 0. The molecule has 2 aromatic rings. The van der Waals surface area contributed by atoms with Gasteiger partial charge in [-0.2, -0.15) is 5.26 Å². The van der Waals surface area contributed by atoms with Gasteiger partial charge in [-0.25, -0.2) is 13.5 Å².